The number of hydrogen-bond acceptors (Lipinski definition) is 2. The average Bonchev–Trinajstić information content (AvgIpc) is 2.29. The molecule has 0 amide bonds. The molecule has 0 aromatic heterocycles. The Balaban J connectivity index is 2.57. The highest BCUT2D eigenvalue weighted by molar-refractivity contribution is 5.83. The molecule has 1 saturated carbocycles. The largest absolute Gasteiger partial charge is 0.390 e. The SMILES string of the molecule is CC(C)(C)C(=O)CC1CCCC1(C)O. The smallest absolute Gasteiger partial charge is 0.138 e. The summed E-state index contributed by atoms with van der Waals surface area (Å²) in [6.45, 7) is 7.69. The normalized spacial score (nSPS) is 33.4. The molecular weight excluding hydrogens is 176 g/mol. The van der Waals surface area contributed by atoms with Crippen molar-refractivity contribution in [3.05, 3.63) is 0 Å². The van der Waals surface area contributed by atoms with Gasteiger partial charge in [0.25, 0.3) is 0 Å². The monoisotopic (exact) mass is 198 g/mol. The molecule has 2 nitrogen and oxygen atoms in total. The van der Waals surface area contributed by atoms with Crippen LogP contribution in [-0.2, 0) is 4.79 Å². The van der Waals surface area contributed by atoms with E-state index in [1.165, 1.54) is 0 Å². The molecule has 0 spiro atoms. The molecular formula is C12H22O2. The summed E-state index contributed by atoms with van der Waals surface area (Å²) in [5.41, 5.74) is -0.875. The van der Waals surface area contributed by atoms with Crippen LogP contribution in [0.15, 0.2) is 0 Å². The van der Waals surface area contributed by atoms with E-state index in [1.54, 1.807) is 0 Å². The predicted molar refractivity (Wildman–Crippen MR) is 57.0 cm³/mol. The van der Waals surface area contributed by atoms with Crippen LogP contribution in [0.4, 0.5) is 0 Å². The molecule has 1 aliphatic rings. The van der Waals surface area contributed by atoms with Gasteiger partial charge < -0.3 is 5.11 Å². The van der Waals surface area contributed by atoms with E-state index < -0.39 is 5.60 Å². The minimum absolute atomic E-state index is 0.175. The molecule has 0 aromatic rings. The van der Waals surface area contributed by atoms with Crippen LogP contribution in [0.3, 0.4) is 0 Å². The van der Waals surface area contributed by atoms with Gasteiger partial charge in [0.05, 0.1) is 5.60 Å². The standard InChI is InChI=1S/C12H22O2/c1-11(2,3)10(13)8-9-6-5-7-12(9,4)14/h9,14H,5-8H2,1-4H3. The van der Waals surface area contributed by atoms with Gasteiger partial charge in [-0.1, -0.05) is 27.2 Å². The first kappa shape index (κ1) is 11.7. The highest BCUT2D eigenvalue weighted by atomic mass is 16.3. The summed E-state index contributed by atoms with van der Waals surface area (Å²) in [6.07, 6.45) is 3.43. The first-order valence-electron chi connectivity index (χ1n) is 5.49. The van der Waals surface area contributed by atoms with Crippen molar-refractivity contribution < 1.29 is 9.90 Å². The third-order valence-electron chi connectivity index (χ3n) is 3.38. The fourth-order valence-corrected chi connectivity index (χ4v) is 2.07. The molecule has 1 N–H and O–H groups in total. The van der Waals surface area contributed by atoms with Crippen LogP contribution < -0.4 is 0 Å². The van der Waals surface area contributed by atoms with Crippen LogP contribution >= 0.6 is 0 Å². The first-order valence-corrected chi connectivity index (χ1v) is 5.49. The molecule has 2 heteroatoms. The van der Waals surface area contributed by atoms with Crippen LogP contribution in [0.5, 0.6) is 0 Å². The lowest BCUT2D eigenvalue weighted by atomic mass is 9.81. The molecule has 0 bridgehead atoms. The van der Waals surface area contributed by atoms with Crippen LogP contribution in [0, 0.1) is 11.3 Å². The third-order valence-corrected chi connectivity index (χ3v) is 3.38. The van der Waals surface area contributed by atoms with Crippen molar-refractivity contribution in [2.45, 2.75) is 59.0 Å². The minimum Gasteiger partial charge on any atom is -0.390 e. The van der Waals surface area contributed by atoms with E-state index in [-0.39, 0.29) is 17.1 Å². The topological polar surface area (TPSA) is 37.3 Å². The molecule has 2 unspecified atom stereocenters. The highest BCUT2D eigenvalue weighted by Crippen LogP contribution is 2.38. The van der Waals surface area contributed by atoms with Crippen molar-refractivity contribution in [1.82, 2.24) is 0 Å². The maximum atomic E-state index is 11.8. The zero-order valence-corrected chi connectivity index (χ0v) is 9.76. The summed E-state index contributed by atoms with van der Waals surface area (Å²) < 4.78 is 0. The van der Waals surface area contributed by atoms with Gasteiger partial charge in [-0.2, -0.15) is 0 Å². The number of aliphatic hydroxyl groups is 1. The van der Waals surface area contributed by atoms with Gasteiger partial charge in [0.2, 0.25) is 0 Å². The van der Waals surface area contributed by atoms with Gasteiger partial charge in [0, 0.05) is 11.8 Å². The Morgan fingerprint density at radius 2 is 2.07 bits per heavy atom. The Labute approximate surface area is 86.7 Å². The fraction of sp³-hybridized carbons (Fsp3) is 0.917. The van der Waals surface area contributed by atoms with Gasteiger partial charge in [0.1, 0.15) is 5.78 Å². The Kier molecular flexibility index (Phi) is 3.05. The molecule has 0 aliphatic heterocycles. The van der Waals surface area contributed by atoms with Crippen molar-refractivity contribution >= 4 is 5.78 Å². The number of ketones is 1. The van der Waals surface area contributed by atoms with Crippen LogP contribution in [0.1, 0.15) is 53.4 Å². The molecule has 0 radical (unpaired) electrons. The Morgan fingerprint density at radius 3 is 2.43 bits per heavy atom. The van der Waals surface area contributed by atoms with E-state index >= 15 is 0 Å². The van der Waals surface area contributed by atoms with E-state index in [2.05, 4.69) is 0 Å². The van der Waals surface area contributed by atoms with E-state index in [4.69, 9.17) is 0 Å². The van der Waals surface area contributed by atoms with Crippen molar-refractivity contribution in [3.63, 3.8) is 0 Å². The second kappa shape index (κ2) is 3.65. The second-order valence-electron chi connectivity index (χ2n) is 5.82. The predicted octanol–water partition coefficient (Wildman–Crippen LogP) is 2.54. The zero-order chi connectivity index (χ0) is 11.0. The van der Waals surface area contributed by atoms with Crippen molar-refractivity contribution in [1.29, 1.82) is 0 Å². The Hall–Kier alpha value is -0.370. The fourth-order valence-electron chi connectivity index (χ4n) is 2.07. The van der Waals surface area contributed by atoms with Gasteiger partial charge >= 0.3 is 0 Å². The van der Waals surface area contributed by atoms with E-state index in [1.807, 2.05) is 27.7 Å². The third kappa shape index (κ3) is 2.57. The maximum absolute atomic E-state index is 11.8. The molecule has 0 heterocycles. The van der Waals surface area contributed by atoms with Crippen molar-refractivity contribution in [3.8, 4) is 0 Å². The van der Waals surface area contributed by atoms with Gasteiger partial charge in [0.15, 0.2) is 0 Å². The first-order chi connectivity index (χ1) is 6.23. The molecule has 82 valence electrons. The van der Waals surface area contributed by atoms with Crippen LogP contribution in [-0.4, -0.2) is 16.5 Å². The second-order valence-corrected chi connectivity index (χ2v) is 5.82. The van der Waals surface area contributed by atoms with Crippen molar-refractivity contribution in [2.75, 3.05) is 0 Å². The molecule has 1 aliphatic carbocycles. The summed E-state index contributed by atoms with van der Waals surface area (Å²) in [6, 6.07) is 0. The van der Waals surface area contributed by atoms with Gasteiger partial charge in [-0.25, -0.2) is 0 Å². The number of rotatable bonds is 2. The van der Waals surface area contributed by atoms with E-state index in [9.17, 15) is 9.90 Å². The quantitative estimate of drug-likeness (QED) is 0.740. The summed E-state index contributed by atoms with van der Waals surface area (Å²) in [5, 5.41) is 10.0. The highest BCUT2D eigenvalue weighted by Gasteiger charge is 2.39. The van der Waals surface area contributed by atoms with E-state index in [0.717, 1.165) is 19.3 Å². The number of Topliss-reactive ketones (excluding diaryl/α,β-unsaturated/α-hetero) is 1. The lowest BCUT2D eigenvalue weighted by Gasteiger charge is -2.27. The van der Waals surface area contributed by atoms with Crippen LogP contribution in [0.25, 0.3) is 0 Å². The summed E-state index contributed by atoms with van der Waals surface area (Å²) >= 11 is 0. The number of hydrogen-bond donors (Lipinski definition) is 1. The molecule has 1 fully saturated rings. The summed E-state index contributed by atoms with van der Waals surface area (Å²) in [7, 11) is 0. The number of carbonyl (C=O) groups excluding carboxylic acids is 1. The molecule has 14 heavy (non-hydrogen) atoms. The lowest BCUT2D eigenvalue weighted by Crippen LogP contribution is -2.33. The van der Waals surface area contributed by atoms with Gasteiger partial charge in [-0.15, -0.1) is 0 Å². The summed E-state index contributed by atoms with van der Waals surface area (Å²) in [4.78, 5) is 11.8. The zero-order valence-electron chi connectivity index (χ0n) is 9.76. The minimum atomic E-state index is -0.610. The van der Waals surface area contributed by atoms with Gasteiger partial charge in [-0.3, -0.25) is 4.79 Å². The molecule has 2 atom stereocenters. The maximum Gasteiger partial charge on any atom is 0.138 e. The molecule has 0 aromatic carbocycles. The van der Waals surface area contributed by atoms with E-state index in [0.29, 0.717) is 6.42 Å². The summed E-state index contributed by atoms with van der Waals surface area (Å²) in [5.74, 6) is 0.443. The Bertz CT molecular complexity index is 223. The molecule has 1 rings (SSSR count). The van der Waals surface area contributed by atoms with Gasteiger partial charge in [-0.05, 0) is 25.7 Å². The van der Waals surface area contributed by atoms with Crippen molar-refractivity contribution in [2.24, 2.45) is 11.3 Å². The molecule has 0 saturated heterocycles. The Morgan fingerprint density at radius 1 is 1.50 bits per heavy atom. The van der Waals surface area contributed by atoms with Crippen LogP contribution in [0.2, 0.25) is 0 Å². The average molecular weight is 198 g/mol. The lowest BCUT2D eigenvalue weighted by molar-refractivity contribution is -0.129. The number of carbonyl (C=O) groups is 1.